The average molecular weight is 250 g/mol. The lowest BCUT2D eigenvalue weighted by molar-refractivity contribution is -0.133. The van der Waals surface area contributed by atoms with E-state index in [4.69, 9.17) is 0 Å². The lowest BCUT2D eigenvalue weighted by Crippen LogP contribution is -2.47. The number of rotatable bonds is 4. The van der Waals surface area contributed by atoms with Gasteiger partial charge in [-0.15, -0.1) is 0 Å². The molecule has 3 nitrogen and oxygen atoms in total. The van der Waals surface area contributed by atoms with Gasteiger partial charge in [0.15, 0.2) is 0 Å². The van der Waals surface area contributed by atoms with Crippen molar-refractivity contribution in [1.82, 2.24) is 10.2 Å². The van der Waals surface area contributed by atoms with E-state index in [1.165, 1.54) is 44.9 Å². The number of nitrogens with zero attached hydrogens (tertiary/aromatic N) is 1. The molecule has 1 aliphatic heterocycles. The Kier molecular flexibility index (Phi) is 3.88. The minimum absolute atomic E-state index is 0.333. The minimum Gasteiger partial charge on any atom is -0.341 e. The highest BCUT2D eigenvalue weighted by atomic mass is 16.2. The van der Waals surface area contributed by atoms with E-state index >= 15 is 0 Å². The standard InChI is InChI=1S/C15H26N2O/c18-15(10-16-9-12-5-6-12)17-8-7-13-3-1-2-4-14(13)11-17/h12-14,16H,1-11H2. The van der Waals surface area contributed by atoms with Gasteiger partial charge in [-0.1, -0.05) is 19.3 Å². The molecule has 3 heteroatoms. The second kappa shape index (κ2) is 5.60. The zero-order valence-electron chi connectivity index (χ0n) is 11.4. The summed E-state index contributed by atoms with van der Waals surface area (Å²) in [6, 6.07) is 0. The summed E-state index contributed by atoms with van der Waals surface area (Å²) in [6.45, 7) is 3.65. The van der Waals surface area contributed by atoms with E-state index in [2.05, 4.69) is 10.2 Å². The van der Waals surface area contributed by atoms with Crippen LogP contribution < -0.4 is 5.32 Å². The molecule has 1 N–H and O–H groups in total. The summed E-state index contributed by atoms with van der Waals surface area (Å²) in [5.74, 6) is 2.92. The van der Waals surface area contributed by atoms with Crippen molar-refractivity contribution >= 4 is 5.91 Å². The van der Waals surface area contributed by atoms with Crippen LogP contribution >= 0.6 is 0 Å². The first-order valence-corrected chi connectivity index (χ1v) is 7.81. The highest BCUT2D eigenvalue weighted by Crippen LogP contribution is 2.36. The number of fused-ring (bicyclic) bond motifs is 1. The number of likely N-dealkylation sites (tertiary alicyclic amines) is 1. The summed E-state index contributed by atoms with van der Waals surface area (Å²) in [5.41, 5.74) is 0. The third-order valence-electron chi connectivity index (χ3n) is 5.05. The number of amides is 1. The van der Waals surface area contributed by atoms with Crippen molar-refractivity contribution in [2.24, 2.45) is 17.8 Å². The second-order valence-corrected chi connectivity index (χ2v) is 6.51. The molecule has 0 bridgehead atoms. The molecule has 2 unspecified atom stereocenters. The fraction of sp³-hybridized carbons (Fsp3) is 0.933. The highest BCUT2D eigenvalue weighted by Gasteiger charge is 2.32. The minimum atomic E-state index is 0.333. The van der Waals surface area contributed by atoms with Gasteiger partial charge in [-0.3, -0.25) is 4.79 Å². The molecular weight excluding hydrogens is 224 g/mol. The molecule has 18 heavy (non-hydrogen) atoms. The molecule has 2 saturated carbocycles. The Bertz CT molecular complexity index is 301. The Labute approximate surface area is 110 Å². The largest absolute Gasteiger partial charge is 0.341 e. The monoisotopic (exact) mass is 250 g/mol. The van der Waals surface area contributed by atoms with E-state index in [9.17, 15) is 4.79 Å². The number of carbonyl (C=O) groups excluding carboxylic acids is 1. The van der Waals surface area contributed by atoms with Gasteiger partial charge in [-0.05, 0) is 50.0 Å². The molecule has 0 aromatic carbocycles. The Morgan fingerprint density at radius 2 is 1.83 bits per heavy atom. The van der Waals surface area contributed by atoms with Gasteiger partial charge in [0.25, 0.3) is 0 Å². The van der Waals surface area contributed by atoms with Crippen molar-refractivity contribution in [3.63, 3.8) is 0 Å². The molecule has 0 aromatic rings. The summed E-state index contributed by atoms with van der Waals surface area (Å²) in [7, 11) is 0. The highest BCUT2D eigenvalue weighted by molar-refractivity contribution is 5.78. The maximum absolute atomic E-state index is 12.1. The molecule has 1 saturated heterocycles. The molecule has 2 aliphatic carbocycles. The number of nitrogens with one attached hydrogen (secondary N) is 1. The summed E-state index contributed by atoms with van der Waals surface area (Å²) < 4.78 is 0. The smallest absolute Gasteiger partial charge is 0.236 e. The van der Waals surface area contributed by atoms with E-state index in [1.807, 2.05) is 0 Å². The first-order chi connectivity index (χ1) is 8.83. The molecule has 1 heterocycles. The Morgan fingerprint density at radius 3 is 2.61 bits per heavy atom. The first kappa shape index (κ1) is 12.5. The van der Waals surface area contributed by atoms with Crippen molar-refractivity contribution < 1.29 is 4.79 Å². The molecular formula is C15H26N2O. The Hall–Kier alpha value is -0.570. The quantitative estimate of drug-likeness (QED) is 0.828. The average Bonchev–Trinajstić information content (AvgIpc) is 3.22. The van der Waals surface area contributed by atoms with E-state index in [0.29, 0.717) is 12.5 Å². The predicted octanol–water partition coefficient (Wildman–Crippen LogP) is 2.02. The number of hydrogen-bond acceptors (Lipinski definition) is 2. The van der Waals surface area contributed by atoms with E-state index < -0.39 is 0 Å². The summed E-state index contributed by atoms with van der Waals surface area (Å²) in [6.07, 6.45) is 9.51. The first-order valence-electron chi connectivity index (χ1n) is 7.81. The summed E-state index contributed by atoms with van der Waals surface area (Å²) >= 11 is 0. The van der Waals surface area contributed by atoms with Gasteiger partial charge in [-0.25, -0.2) is 0 Å². The molecule has 3 fully saturated rings. The molecule has 3 rings (SSSR count). The van der Waals surface area contributed by atoms with E-state index in [-0.39, 0.29) is 0 Å². The SMILES string of the molecule is O=C(CNCC1CC1)N1CCC2CCCCC2C1. The van der Waals surface area contributed by atoms with Crippen molar-refractivity contribution in [1.29, 1.82) is 0 Å². The zero-order chi connectivity index (χ0) is 12.4. The lowest BCUT2D eigenvalue weighted by atomic mass is 9.75. The van der Waals surface area contributed by atoms with E-state index in [0.717, 1.165) is 37.4 Å². The Morgan fingerprint density at radius 1 is 1.06 bits per heavy atom. The van der Waals surface area contributed by atoms with Gasteiger partial charge >= 0.3 is 0 Å². The summed E-state index contributed by atoms with van der Waals surface area (Å²) in [4.78, 5) is 14.3. The molecule has 2 atom stereocenters. The van der Waals surface area contributed by atoms with Crippen molar-refractivity contribution in [3.8, 4) is 0 Å². The summed E-state index contributed by atoms with van der Waals surface area (Å²) in [5, 5.41) is 3.33. The van der Waals surface area contributed by atoms with Gasteiger partial charge in [0.2, 0.25) is 5.91 Å². The van der Waals surface area contributed by atoms with Crippen LogP contribution in [-0.2, 0) is 4.79 Å². The third kappa shape index (κ3) is 3.05. The van der Waals surface area contributed by atoms with Crippen LogP contribution in [0.1, 0.15) is 44.9 Å². The van der Waals surface area contributed by atoms with Gasteiger partial charge in [0, 0.05) is 13.1 Å². The van der Waals surface area contributed by atoms with Crippen molar-refractivity contribution in [3.05, 3.63) is 0 Å². The van der Waals surface area contributed by atoms with Crippen LogP contribution in [0.2, 0.25) is 0 Å². The molecule has 102 valence electrons. The van der Waals surface area contributed by atoms with Crippen LogP contribution in [0.25, 0.3) is 0 Å². The van der Waals surface area contributed by atoms with Gasteiger partial charge in [-0.2, -0.15) is 0 Å². The fourth-order valence-corrected chi connectivity index (χ4v) is 3.64. The normalized spacial score (nSPS) is 32.1. The van der Waals surface area contributed by atoms with Gasteiger partial charge in [0.05, 0.1) is 6.54 Å². The molecule has 0 aromatic heterocycles. The maximum atomic E-state index is 12.1. The molecule has 0 radical (unpaired) electrons. The van der Waals surface area contributed by atoms with Crippen LogP contribution in [0.5, 0.6) is 0 Å². The molecule has 0 spiro atoms. The van der Waals surface area contributed by atoms with Crippen molar-refractivity contribution in [2.75, 3.05) is 26.2 Å². The Balaban J connectivity index is 1.42. The van der Waals surface area contributed by atoms with Gasteiger partial charge < -0.3 is 10.2 Å². The molecule has 3 aliphatic rings. The van der Waals surface area contributed by atoms with Crippen LogP contribution in [0.15, 0.2) is 0 Å². The number of carbonyl (C=O) groups is 1. The lowest BCUT2D eigenvalue weighted by Gasteiger charge is -2.41. The topological polar surface area (TPSA) is 32.3 Å². The zero-order valence-corrected chi connectivity index (χ0v) is 11.4. The predicted molar refractivity (Wildman–Crippen MR) is 72.2 cm³/mol. The van der Waals surface area contributed by atoms with Crippen LogP contribution in [-0.4, -0.2) is 37.0 Å². The second-order valence-electron chi connectivity index (χ2n) is 6.51. The van der Waals surface area contributed by atoms with Gasteiger partial charge in [0.1, 0.15) is 0 Å². The van der Waals surface area contributed by atoms with E-state index in [1.54, 1.807) is 0 Å². The van der Waals surface area contributed by atoms with Crippen LogP contribution in [0.4, 0.5) is 0 Å². The van der Waals surface area contributed by atoms with Crippen LogP contribution in [0, 0.1) is 17.8 Å². The van der Waals surface area contributed by atoms with Crippen LogP contribution in [0.3, 0.4) is 0 Å². The third-order valence-corrected chi connectivity index (χ3v) is 5.05. The number of piperidine rings is 1. The number of hydrogen-bond donors (Lipinski definition) is 1. The van der Waals surface area contributed by atoms with Crippen molar-refractivity contribution in [2.45, 2.75) is 44.9 Å². The molecule has 1 amide bonds. The fourth-order valence-electron chi connectivity index (χ4n) is 3.64. The maximum Gasteiger partial charge on any atom is 0.236 e.